The fourth-order valence-electron chi connectivity index (χ4n) is 1.60. The Bertz CT molecular complexity index is 451. The van der Waals surface area contributed by atoms with Gasteiger partial charge < -0.3 is 14.2 Å². The monoisotopic (exact) mass is 206 g/mol. The van der Waals surface area contributed by atoms with Crippen molar-refractivity contribution in [3.05, 3.63) is 30.4 Å². The van der Waals surface area contributed by atoms with E-state index in [4.69, 9.17) is 4.74 Å². The lowest BCUT2D eigenvalue weighted by Crippen LogP contribution is -1.97. The zero-order valence-electron chi connectivity index (χ0n) is 8.68. The van der Waals surface area contributed by atoms with Gasteiger partial charge in [0.1, 0.15) is 11.6 Å². The molecule has 80 valence electrons. The second kappa shape index (κ2) is 4.31. The van der Waals surface area contributed by atoms with Crippen LogP contribution in [0.1, 0.15) is 12.2 Å². The Labute approximate surface area is 88.1 Å². The van der Waals surface area contributed by atoms with Gasteiger partial charge in [0.05, 0.1) is 11.7 Å². The molecule has 0 saturated heterocycles. The van der Waals surface area contributed by atoms with E-state index < -0.39 is 0 Å². The van der Waals surface area contributed by atoms with E-state index in [0.29, 0.717) is 0 Å². The molecule has 0 aliphatic heterocycles. The van der Waals surface area contributed by atoms with E-state index in [1.807, 2.05) is 10.6 Å². The summed E-state index contributed by atoms with van der Waals surface area (Å²) in [5.74, 6) is 1.27. The molecule has 0 unspecified atom stereocenters. The van der Waals surface area contributed by atoms with Crippen LogP contribution in [-0.4, -0.2) is 28.2 Å². The van der Waals surface area contributed by atoms with E-state index in [1.165, 1.54) is 0 Å². The van der Waals surface area contributed by atoms with Crippen LogP contribution in [0.25, 0.3) is 5.52 Å². The van der Waals surface area contributed by atoms with Gasteiger partial charge >= 0.3 is 0 Å². The minimum atomic E-state index is 0.269. The van der Waals surface area contributed by atoms with E-state index in [1.54, 1.807) is 25.4 Å². The highest BCUT2D eigenvalue weighted by molar-refractivity contribution is 5.50. The zero-order valence-corrected chi connectivity index (χ0v) is 8.68. The molecular formula is C11H14N2O2. The lowest BCUT2D eigenvalue weighted by molar-refractivity contribution is 0.194. The van der Waals surface area contributed by atoms with Crippen molar-refractivity contribution in [1.82, 2.24) is 9.38 Å². The van der Waals surface area contributed by atoms with Crippen LogP contribution < -0.4 is 0 Å². The molecule has 15 heavy (non-hydrogen) atoms. The molecule has 0 aromatic carbocycles. The van der Waals surface area contributed by atoms with Gasteiger partial charge in [-0.3, -0.25) is 0 Å². The second-order valence-electron chi connectivity index (χ2n) is 3.45. The number of aromatic hydroxyl groups is 1. The number of fused-ring (bicyclic) bond motifs is 1. The number of methoxy groups -OCH3 is 1. The maximum Gasteiger partial charge on any atom is 0.119 e. The molecular weight excluding hydrogens is 192 g/mol. The summed E-state index contributed by atoms with van der Waals surface area (Å²) in [5.41, 5.74) is 0.919. The summed E-state index contributed by atoms with van der Waals surface area (Å²) in [5, 5.41) is 9.29. The second-order valence-corrected chi connectivity index (χ2v) is 3.45. The van der Waals surface area contributed by atoms with Crippen molar-refractivity contribution in [1.29, 1.82) is 0 Å². The molecule has 0 fully saturated rings. The maximum absolute atomic E-state index is 9.29. The molecule has 2 rings (SSSR count). The molecule has 0 atom stereocenters. The molecule has 0 spiro atoms. The van der Waals surface area contributed by atoms with Crippen molar-refractivity contribution in [2.45, 2.75) is 12.8 Å². The number of aromatic nitrogens is 2. The molecule has 2 heterocycles. The molecule has 0 aliphatic rings. The highest BCUT2D eigenvalue weighted by atomic mass is 16.5. The fraction of sp³-hybridized carbons (Fsp3) is 0.364. The summed E-state index contributed by atoms with van der Waals surface area (Å²) in [6.07, 6.45) is 5.44. The maximum atomic E-state index is 9.29. The van der Waals surface area contributed by atoms with Crippen LogP contribution >= 0.6 is 0 Å². The molecule has 4 heteroatoms. The minimum absolute atomic E-state index is 0.269. The predicted molar refractivity (Wildman–Crippen MR) is 57.1 cm³/mol. The van der Waals surface area contributed by atoms with Crippen LogP contribution in [0, 0.1) is 0 Å². The number of rotatable bonds is 4. The molecule has 1 N–H and O–H groups in total. The number of ether oxygens (including phenoxy) is 1. The third-order valence-electron chi connectivity index (χ3n) is 2.34. The number of hydrogen-bond donors (Lipinski definition) is 1. The standard InChI is InChI=1S/C11H14N2O2/c1-15-6-2-3-11-12-8-9-7-10(14)4-5-13(9)11/h4-5,7-8,14H,2-3,6H2,1H3. The largest absolute Gasteiger partial charge is 0.508 e. The summed E-state index contributed by atoms with van der Waals surface area (Å²) in [7, 11) is 1.70. The van der Waals surface area contributed by atoms with Gasteiger partial charge in [0.25, 0.3) is 0 Å². The van der Waals surface area contributed by atoms with Crippen molar-refractivity contribution in [3.63, 3.8) is 0 Å². The third-order valence-corrected chi connectivity index (χ3v) is 2.34. The summed E-state index contributed by atoms with van der Waals surface area (Å²) in [6, 6.07) is 3.36. The van der Waals surface area contributed by atoms with Crippen molar-refractivity contribution in [2.24, 2.45) is 0 Å². The Morgan fingerprint density at radius 2 is 2.40 bits per heavy atom. The van der Waals surface area contributed by atoms with Gasteiger partial charge in [-0.25, -0.2) is 4.98 Å². The summed E-state index contributed by atoms with van der Waals surface area (Å²) < 4.78 is 6.98. The topological polar surface area (TPSA) is 46.8 Å². The van der Waals surface area contributed by atoms with Gasteiger partial charge in [-0.05, 0) is 12.5 Å². The highest BCUT2D eigenvalue weighted by Crippen LogP contribution is 2.14. The van der Waals surface area contributed by atoms with Crippen LogP contribution in [0.4, 0.5) is 0 Å². The first-order chi connectivity index (χ1) is 7.31. The van der Waals surface area contributed by atoms with E-state index >= 15 is 0 Å². The SMILES string of the molecule is COCCCc1ncc2cc(O)ccn12. The molecule has 0 bridgehead atoms. The Hall–Kier alpha value is -1.55. The molecule has 0 radical (unpaired) electrons. The van der Waals surface area contributed by atoms with Gasteiger partial charge in [-0.1, -0.05) is 0 Å². The number of pyridine rings is 1. The normalized spacial score (nSPS) is 11.0. The van der Waals surface area contributed by atoms with E-state index in [-0.39, 0.29) is 5.75 Å². The Morgan fingerprint density at radius 1 is 1.53 bits per heavy atom. The van der Waals surface area contributed by atoms with Crippen molar-refractivity contribution in [2.75, 3.05) is 13.7 Å². The summed E-state index contributed by atoms with van der Waals surface area (Å²) >= 11 is 0. The zero-order chi connectivity index (χ0) is 10.7. The van der Waals surface area contributed by atoms with Crippen molar-refractivity contribution >= 4 is 5.52 Å². The van der Waals surface area contributed by atoms with Gasteiger partial charge in [-0.15, -0.1) is 0 Å². The van der Waals surface area contributed by atoms with Crippen LogP contribution in [0.15, 0.2) is 24.5 Å². The number of hydrogen-bond acceptors (Lipinski definition) is 3. The highest BCUT2D eigenvalue weighted by Gasteiger charge is 2.03. The molecule has 4 nitrogen and oxygen atoms in total. The molecule has 0 saturated carbocycles. The van der Waals surface area contributed by atoms with Gasteiger partial charge in [0.2, 0.25) is 0 Å². The van der Waals surface area contributed by atoms with E-state index in [2.05, 4.69) is 4.98 Å². The van der Waals surface area contributed by atoms with E-state index in [9.17, 15) is 5.11 Å². The predicted octanol–water partition coefficient (Wildman–Crippen LogP) is 1.62. The lowest BCUT2D eigenvalue weighted by atomic mass is 10.3. The van der Waals surface area contributed by atoms with Gasteiger partial charge in [-0.2, -0.15) is 0 Å². The van der Waals surface area contributed by atoms with Crippen LogP contribution in [-0.2, 0) is 11.2 Å². The summed E-state index contributed by atoms with van der Waals surface area (Å²) in [4.78, 5) is 4.30. The molecule has 2 aromatic rings. The first-order valence-corrected chi connectivity index (χ1v) is 4.95. The fourth-order valence-corrected chi connectivity index (χ4v) is 1.60. The Kier molecular flexibility index (Phi) is 2.87. The Balaban J connectivity index is 2.21. The summed E-state index contributed by atoms with van der Waals surface area (Å²) in [6.45, 7) is 0.743. The molecule has 0 aliphatic carbocycles. The average molecular weight is 206 g/mol. The third kappa shape index (κ3) is 2.10. The van der Waals surface area contributed by atoms with Crippen molar-refractivity contribution in [3.8, 4) is 5.75 Å². The first kappa shape index (κ1) is 9.98. The van der Waals surface area contributed by atoms with Crippen molar-refractivity contribution < 1.29 is 9.84 Å². The van der Waals surface area contributed by atoms with Crippen LogP contribution in [0.5, 0.6) is 5.75 Å². The van der Waals surface area contributed by atoms with Crippen LogP contribution in [0.3, 0.4) is 0 Å². The van der Waals surface area contributed by atoms with Gasteiger partial charge in [0.15, 0.2) is 0 Å². The van der Waals surface area contributed by atoms with E-state index in [0.717, 1.165) is 30.8 Å². The first-order valence-electron chi connectivity index (χ1n) is 4.95. The minimum Gasteiger partial charge on any atom is -0.508 e. The molecule has 0 amide bonds. The number of aryl methyl sites for hydroxylation is 1. The quantitative estimate of drug-likeness (QED) is 0.773. The van der Waals surface area contributed by atoms with Gasteiger partial charge in [0, 0.05) is 32.4 Å². The average Bonchev–Trinajstić information content (AvgIpc) is 2.61. The lowest BCUT2D eigenvalue weighted by Gasteiger charge is -2.01. The van der Waals surface area contributed by atoms with Crippen LogP contribution in [0.2, 0.25) is 0 Å². The number of nitrogens with zero attached hydrogens (tertiary/aromatic N) is 2. The Morgan fingerprint density at radius 3 is 3.20 bits per heavy atom. The number of imidazole rings is 1. The smallest absolute Gasteiger partial charge is 0.119 e. The molecule has 2 aromatic heterocycles.